The zero-order valence-corrected chi connectivity index (χ0v) is 48.7. The highest BCUT2D eigenvalue weighted by Crippen LogP contribution is 2.34. The number of H-pyrrole nitrogens is 3. The number of amides is 3. The van der Waals surface area contributed by atoms with Crippen molar-refractivity contribution >= 4 is 103 Å². The van der Waals surface area contributed by atoms with Crippen LogP contribution >= 0.6 is 34.8 Å². The first-order valence-corrected chi connectivity index (χ1v) is 27.9. The molecule has 9 aromatic rings. The maximum absolute atomic E-state index is 14.6. The van der Waals surface area contributed by atoms with Gasteiger partial charge in [0.05, 0.1) is 40.4 Å². The number of nitrogens with zero attached hydrogens (tertiary/aromatic N) is 12. The highest BCUT2D eigenvalue weighted by Gasteiger charge is 2.36. The highest BCUT2D eigenvalue weighted by atomic mass is 35.5. The summed E-state index contributed by atoms with van der Waals surface area (Å²) in [5.74, 6) is 2.96. The molecule has 11 rings (SSSR count). The van der Waals surface area contributed by atoms with Crippen LogP contribution in [0.5, 0.6) is 0 Å². The minimum atomic E-state index is -4.38. The van der Waals surface area contributed by atoms with Crippen LogP contribution in [0.15, 0.2) is 80.0 Å². The number of carbonyl (C=O) groups is 3. The van der Waals surface area contributed by atoms with Crippen LogP contribution in [0.3, 0.4) is 0 Å². The summed E-state index contributed by atoms with van der Waals surface area (Å²) in [7, 11) is 0. The molecule has 2 aliphatic rings. The van der Waals surface area contributed by atoms with Crippen LogP contribution in [0, 0.1) is 29.5 Å². The Balaban J connectivity index is 0.000000241. The lowest BCUT2D eigenvalue weighted by Crippen LogP contribution is -2.49. The van der Waals surface area contributed by atoms with E-state index in [1.165, 1.54) is 32.4 Å². The van der Waals surface area contributed by atoms with Crippen molar-refractivity contribution in [2.45, 2.75) is 89.6 Å². The summed E-state index contributed by atoms with van der Waals surface area (Å²) < 4.78 is 51.5. The number of hydrogen-bond donors (Lipinski definition) is 7. The molecule has 9 aromatic heterocycles. The maximum Gasteiger partial charge on any atom is 0.390 e. The van der Waals surface area contributed by atoms with Gasteiger partial charge in [0.15, 0.2) is 29.1 Å². The molecule has 29 heteroatoms. The first-order chi connectivity index (χ1) is 41.1. The number of nitrogens with one attached hydrogen (secondary N) is 7. The summed E-state index contributed by atoms with van der Waals surface area (Å²) in [6, 6.07) is 8.45. The number of rotatable bonds is 14. The van der Waals surface area contributed by atoms with Gasteiger partial charge in [-0.05, 0) is 77.6 Å². The van der Waals surface area contributed by atoms with Gasteiger partial charge in [0, 0.05) is 108 Å². The molecule has 0 bridgehead atoms. The molecular formula is C57H62Cl3F4N19O3. The van der Waals surface area contributed by atoms with Crippen LogP contribution in [0.25, 0.3) is 67.3 Å². The van der Waals surface area contributed by atoms with E-state index in [1.54, 1.807) is 41.8 Å². The smallest absolute Gasteiger partial charge is 0.355 e. The number of pyridine rings is 3. The average molecular weight is 1240 g/mol. The van der Waals surface area contributed by atoms with Gasteiger partial charge in [0.25, 0.3) is 0 Å². The van der Waals surface area contributed by atoms with Crippen LogP contribution in [0.4, 0.5) is 35.0 Å². The molecule has 0 radical (unpaired) electrons. The predicted octanol–water partition coefficient (Wildman–Crippen LogP) is 10.5. The number of hydrogen-bond acceptors (Lipinski definition) is 16. The van der Waals surface area contributed by atoms with E-state index in [2.05, 4.69) is 86.9 Å². The monoisotopic (exact) mass is 1240 g/mol. The van der Waals surface area contributed by atoms with Crippen LogP contribution in [0.1, 0.15) is 71.1 Å². The summed E-state index contributed by atoms with van der Waals surface area (Å²) in [4.78, 5) is 89.1. The van der Waals surface area contributed by atoms with E-state index in [0.29, 0.717) is 67.5 Å². The van der Waals surface area contributed by atoms with Gasteiger partial charge < -0.3 is 46.0 Å². The number of anilines is 3. The Labute approximate surface area is 509 Å². The van der Waals surface area contributed by atoms with Crippen LogP contribution in [-0.4, -0.2) is 134 Å². The van der Waals surface area contributed by atoms with E-state index >= 15 is 0 Å². The van der Waals surface area contributed by atoms with E-state index < -0.39 is 42.4 Å². The molecule has 0 unspecified atom stereocenters. The standard InChI is InChI=1S/C19H17ClF3N7O.C19H16ClFN6O.C19H21ClN6O.4H2/c1-18(2,17(31)25-4-3-19(21,22)23)30-14-10(6-24)7-26-16(29-14)13-9-28-15-12(13)5-11(20)8-27-15;1-2-5-22-19(28)15-4-3-6-27(15)18-14(21)10-25-17(26-18)13-9-24-16-12(13)7-11(20)8-23-16;1-11(2)24-19(27)15-4-3-7-26(15)16-5-6-21-18(25-16)14-10-23-17-13(14)8-12(20)9-22-17;;;;/h5,7-9H,3-4H2,1-2H3,(H,25,31)(H,27,28)(H,26,29,30);1,7-10,15H,3-6H2,(H,22,28)(H,23,24);5-6,8-11,15H,3-4,7H2,1-2H3,(H,22,23)(H,24,27);4*1H/t;2*15-;;;;/m.11..../s1. The molecule has 86 heavy (non-hydrogen) atoms. The van der Waals surface area contributed by atoms with Gasteiger partial charge in [-0.2, -0.15) is 18.4 Å². The number of alkyl halides is 3. The molecule has 2 aliphatic heterocycles. The molecule has 0 aromatic carbocycles. The Morgan fingerprint density at radius 1 is 0.744 bits per heavy atom. The van der Waals surface area contributed by atoms with E-state index in [0.717, 1.165) is 59.8 Å². The number of aromatic amines is 3. The molecule has 0 aliphatic carbocycles. The number of nitriles is 1. The second-order valence-electron chi connectivity index (χ2n) is 20.6. The Morgan fingerprint density at radius 3 is 1.80 bits per heavy atom. The molecule has 7 N–H and O–H groups in total. The number of halogens is 7. The normalized spacial score (nSPS) is 15.0. The van der Waals surface area contributed by atoms with Crippen molar-refractivity contribution in [1.82, 2.24) is 75.8 Å². The summed E-state index contributed by atoms with van der Waals surface area (Å²) in [5.41, 5.74) is 2.70. The third-order valence-electron chi connectivity index (χ3n) is 13.7. The van der Waals surface area contributed by atoms with Crippen LogP contribution < -0.4 is 31.1 Å². The number of fused-ring (bicyclic) bond motifs is 3. The first-order valence-electron chi connectivity index (χ1n) is 26.8. The number of terminal acetylenes is 1. The molecule has 2 fully saturated rings. The van der Waals surface area contributed by atoms with Crippen molar-refractivity contribution in [3.05, 3.63) is 106 Å². The average Bonchev–Trinajstić information content (AvgIpc) is 1.67. The Bertz CT molecular complexity index is 4090. The molecule has 3 amide bonds. The van der Waals surface area contributed by atoms with Gasteiger partial charge in [0.1, 0.15) is 57.8 Å². The predicted molar refractivity (Wildman–Crippen MR) is 327 cm³/mol. The van der Waals surface area contributed by atoms with Gasteiger partial charge >= 0.3 is 6.18 Å². The van der Waals surface area contributed by atoms with Gasteiger partial charge in [-0.25, -0.2) is 49.2 Å². The van der Waals surface area contributed by atoms with E-state index in [9.17, 15) is 37.2 Å². The summed E-state index contributed by atoms with van der Waals surface area (Å²) in [6.07, 6.45) is 16.7. The molecule has 22 nitrogen and oxygen atoms in total. The number of aromatic nitrogens is 12. The fourth-order valence-electron chi connectivity index (χ4n) is 9.64. The van der Waals surface area contributed by atoms with Crippen LogP contribution in [0.2, 0.25) is 15.1 Å². The van der Waals surface area contributed by atoms with Crippen molar-refractivity contribution in [2.24, 2.45) is 0 Å². The van der Waals surface area contributed by atoms with E-state index in [-0.39, 0.29) is 59.2 Å². The molecule has 0 spiro atoms. The lowest BCUT2D eigenvalue weighted by molar-refractivity contribution is -0.136. The Hall–Kier alpha value is -9.24. The minimum absolute atomic E-state index is 0. The van der Waals surface area contributed by atoms with Crippen molar-refractivity contribution in [2.75, 3.05) is 41.3 Å². The topological polar surface area (TPSA) is 293 Å². The Kier molecular flexibility index (Phi) is 18.8. The molecule has 452 valence electrons. The zero-order valence-electron chi connectivity index (χ0n) is 46.4. The van der Waals surface area contributed by atoms with Gasteiger partial charge in [-0.1, -0.05) is 40.7 Å². The second-order valence-corrected chi connectivity index (χ2v) is 21.9. The molecular weight excluding hydrogens is 1180 g/mol. The number of carbonyl (C=O) groups excluding carboxylic acids is 3. The Morgan fingerprint density at radius 2 is 1.27 bits per heavy atom. The van der Waals surface area contributed by atoms with E-state index in [1.807, 2.05) is 38.2 Å². The van der Waals surface area contributed by atoms with Gasteiger partial charge in [-0.3, -0.25) is 14.4 Å². The van der Waals surface area contributed by atoms with Crippen molar-refractivity contribution < 1.29 is 37.7 Å². The third kappa shape index (κ3) is 14.3. The van der Waals surface area contributed by atoms with E-state index in [4.69, 9.17) is 46.2 Å². The summed E-state index contributed by atoms with van der Waals surface area (Å²) in [6.45, 7) is 7.76. The summed E-state index contributed by atoms with van der Waals surface area (Å²) in [5, 5.41) is 23.8. The quantitative estimate of drug-likeness (QED) is 0.0393. The minimum Gasteiger partial charge on any atom is -0.355 e. The van der Waals surface area contributed by atoms with Crippen molar-refractivity contribution in [3.63, 3.8) is 0 Å². The van der Waals surface area contributed by atoms with Gasteiger partial charge in [-0.15, -0.1) is 6.42 Å². The van der Waals surface area contributed by atoms with Gasteiger partial charge in [0.2, 0.25) is 17.7 Å². The lowest BCUT2D eigenvalue weighted by Gasteiger charge is -2.26. The largest absolute Gasteiger partial charge is 0.390 e. The molecule has 11 heterocycles. The molecule has 0 saturated carbocycles. The molecule has 2 saturated heterocycles. The highest BCUT2D eigenvalue weighted by molar-refractivity contribution is 6.32. The summed E-state index contributed by atoms with van der Waals surface area (Å²) >= 11 is 18.2. The second kappa shape index (κ2) is 26.4. The third-order valence-corrected chi connectivity index (χ3v) is 14.3. The fourth-order valence-corrected chi connectivity index (χ4v) is 10.1. The fraction of sp³-hybridized carbons (Fsp3) is 0.316. The lowest BCUT2D eigenvalue weighted by atomic mass is 10.0. The van der Waals surface area contributed by atoms with Crippen molar-refractivity contribution in [1.29, 1.82) is 5.26 Å². The van der Waals surface area contributed by atoms with Crippen molar-refractivity contribution in [3.8, 4) is 52.6 Å². The zero-order chi connectivity index (χ0) is 61.5. The maximum atomic E-state index is 14.6. The van der Waals surface area contributed by atoms with Crippen LogP contribution in [-0.2, 0) is 14.4 Å². The first kappa shape index (κ1) is 61.3. The SMILES string of the molecule is C#CCNC(=O)[C@H]1CCCN1c1nc(-c2c[nH]c3ncc(Cl)cc23)ncc1F.CC(C)(Nc1nc(-c2c[nH]c3ncc(Cl)cc23)ncc1C#N)C(=O)NCCC(F)(F)F.CC(C)NC(=O)[C@H]1CCCN1c1ccnc(-c2c[nH]c3ncc(Cl)cc23)n1.[HH].[HH].[HH].[HH]. The molecule has 2 atom stereocenters.